The maximum atomic E-state index is 5.86. The first-order chi connectivity index (χ1) is 7.65. The Morgan fingerprint density at radius 2 is 2.31 bits per heavy atom. The van der Waals surface area contributed by atoms with E-state index in [0.29, 0.717) is 6.61 Å². The summed E-state index contributed by atoms with van der Waals surface area (Å²) >= 11 is 0. The molecule has 2 unspecified atom stereocenters. The summed E-state index contributed by atoms with van der Waals surface area (Å²) < 4.78 is 11.2. The molecule has 0 aromatic rings. The predicted molar refractivity (Wildman–Crippen MR) is 67.1 cm³/mol. The summed E-state index contributed by atoms with van der Waals surface area (Å²) in [5.74, 6) is 0. The summed E-state index contributed by atoms with van der Waals surface area (Å²) in [6.45, 7) is 12.1. The lowest BCUT2D eigenvalue weighted by molar-refractivity contribution is -0.168. The van der Waals surface area contributed by atoms with Crippen LogP contribution in [0.15, 0.2) is 49.1 Å². The molecule has 0 heterocycles. The lowest BCUT2D eigenvalue weighted by Gasteiger charge is -2.31. The van der Waals surface area contributed by atoms with Gasteiger partial charge in [0.25, 0.3) is 0 Å². The first kappa shape index (κ1) is 12.9. The minimum absolute atomic E-state index is 0.230. The van der Waals surface area contributed by atoms with Gasteiger partial charge < -0.3 is 9.47 Å². The van der Waals surface area contributed by atoms with Crippen molar-refractivity contribution in [2.45, 2.75) is 32.2 Å². The van der Waals surface area contributed by atoms with Crippen molar-refractivity contribution < 1.29 is 9.47 Å². The third-order valence-corrected chi connectivity index (χ3v) is 2.58. The largest absolute Gasteiger partial charge is 0.353 e. The van der Waals surface area contributed by atoms with Crippen LogP contribution in [0.5, 0.6) is 0 Å². The smallest absolute Gasteiger partial charge is 0.156 e. The van der Waals surface area contributed by atoms with Gasteiger partial charge in [0.2, 0.25) is 0 Å². The molecule has 0 radical (unpaired) electrons. The molecule has 0 spiro atoms. The molecule has 1 aliphatic rings. The van der Waals surface area contributed by atoms with E-state index in [-0.39, 0.29) is 6.29 Å². The molecule has 0 saturated heterocycles. The van der Waals surface area contributed by atoms with Crippen LogP contribution in [0.25, 0.3) is 0 Å². The molecule has 2 atom stereocenters. The van der Waals surface area contributed by atoms with Gasteiger partial charge in [0.15, 0.2) is 6.29 Å². The lowest BCUT2D eigenvalue weighted by atomic mass is 9.92. The van der Waals surface area contributed by atoms with Gasteiger partial charge in [-0.25, -0.2) is 0 Å². The fraction of sp³-hybridized carbons (Fsp3) is 0.429. The second kappa shape index (κ2) is 5.83. The van der Waals surface area contributed by atoms with Crippen LogP contribution in [0.1, 0.15) is 20.3 Å². The van der Waals surface area contributed by atoms with Gasteiger partial charge in [-0.15, -0.1) is 0 Å². The number of ether oxygens (including phenoxy) is 2. The average Bonchev–Trinajstić information content (AvgIpc) is 2.30. The predicted octanol–water partition coefficient (Wildman–Crippen LogP) is 3.38. The maximum absolute atomic E-state index is 5.86. The summed E-state index contributed by atoms with van der Waals surface area (Å²) in [5, 5.41) is 0. The van der Waals surface area contributed by atoms with Gasteiger partial charge in [-0.3, -0.25) is 0 Å². The molecule has 2 nitrogen and oxygen atoms in total. The highest BCUT2D eigenvalue weighted by atomic mass is 16.7. The molecule has 1 aliphatic carbocycles. The standard InChI is InChI=1S/C14H20O2/c1-5-13-8-10-14(6-2,11-9-13)16-12(4)15-7-3/h5-6,8-10,12H,1-2,7,11H2,3-4H3. The molecule has 88 valence electrons. The summed E-state index contributed by atoms with van der Waals surface area (Å²) in [6, 6.07) is 0. The normalized spacial score (nSPS) is 26.0. The summed E-state index contributed by atoms with van der Waals surface area (Å²) in [4.78, 5) is 0. The van der Waals surface area contributed by atoms with E-state index >= 15 is 0 Å². The highest BCUT2D eigenvalue weighted by molar-refractivity contribution is 5.37. The molecular weight excluding hydrogens is 200 g/mol. The number of rotatable bonds is 6. The first-order valence-electron chi connectivity index (χ1n) is 5.60. The van der Waals surface area contributed by atoms with Crippen molar-refractivity contribution >= 4 is 0 Å². The molecule has 1 rings (SSSR count). The zero-order valence-electron chi connectivity index (χ0n) is 10.1. The Kier molecular flexibility index (Phi) is 4.71. The fourth-order valence-corrected chi connectivity index (χ4v) is 1.67. The van der Waals surface area contributed by atoms with Crippen LogP contribution < -0.4 is 0 Å². The summed E-state index contributed by atoms with van der Waals surface area (Å²) in [5.41, 5.74) is 0.673. The van der Waals surface area contributed by atoms with Gasteiger partial charge in [-0.05, 0) is 25.5 Å². The van der Waals surface area contributed by atoms with Gasteiger partial charge in [-0.1, -0.05) is 37.5 Å². The quantitative estimate of drug-likeness (QED) is 0.504. The number of hydrogen-bond donors (Lipinski definition) is 0. The molecule has 16 heavy (non-hydrogen) atoms. The van der Waals surface area contributed by atoms with Crippen molar-refractivity contribution in [2.24, 2.45) is 0 Å². The zero-order valence-corrected chi connectivity index (χ0v) is 10.1. The van der Waals surface area contributed by atoms with Crippen molar-refractivity contribution in [1.29, 1.82) is 0 Å². The Labute approximate surface area is 97.9 Å². The van der Waals surface area contributed by atoms with Crippen LogP contribution in [0.2, 0.25) is 0 Å². The van der Waals surface area contributed by atoms with Crippen LogP contribution in [0.4, 0.5) is 0 Å². The molecule has 2 heteroatoms. The van der Waals surface area contributed by atoms with Crippen molar-refractivity contribution in [1.82, 2.24) is 0 Å². The molecule has 0 bridgehead atoms. The summed E-state index contributed by atoms with van der Waals surface area (Å²) in [6.07, 6.45) is 10.3. The Hall–Kier alpha value is -1.12. The van der Waals surface area contributed by atoms with Crippen molar-refractivity contribution in [2.75, 3.05) is 6.61 Å². The fourth-order valence-electron chi connectivity index (χ4n) is 1.67. The number of allylic oxidation sites excluding steroid dienone is 3. The molecule has 0 aromatic heterocycles. The third kappa shape index (κ3) is 3.19. The molecule has 0 amide bonds. The van der Waals surface area contributed by atoms with Crippen LogP contribution in [-0.2, 0) is 9.47 Å². The minimum Gasteiger partial charge on any atom is -0.353 e. The number of hydrogen-bond acceptors (Lipinski definition) is 2. The monoisotopic (exact) mass is 220 g/mol. The Morgan fingerprint density at radius 1 is 1.56 bits per heavy atom. The van der Waals surface area contributed by atoms with Crippen LogP contribution in [0, 0.1) is 0 Å². The van der Waals surface area contributed by atoms with E-state index in [2.05, 4.69) is 19.2 Å². The van der Waals surface area contributed by atoms with E-state index in [1.807, 2.05) is 38.2 Å². The van der Waals surface area contributed by atoms with E-state index in [0.717, 1.165) is 12.0 Å². The average molecular weight is 220 g/mol. The third-order valence-electron chi connectivity index (χ3n) is 2.58. The zero-order chi connectivity index (χ0) is 12.0. The Balaban J connectivity index is 2.68. The Morgan fingerprint density at radius 3 is 2.75 bits per heavy atom. The van der Waals surface area contributed by atoms with Crippen molar-refractivity contribution in [3.63, 3.8) is 0 Å². The molecule has 0 N–H and O–H groups in total. The molecule has 0 fully saturated rings. The highest BCUT2D eigenvalue weighted by Crippen LogP contribution is 2.28. The highest BCUT2D eigenvalue weighted by Gasteiger charge is 2.27. The Bertz CT molecular complexity index is 315. The SMILES string of the molecule is C=CC1=CCC(C=C)(OC(C)OCC)C=C1. The van der Waals surface area contributed by atoms with Gasteiger partial charge in [-0.2, -0.15) is 0 Å². The molecule has 0 saturated carbocycles. The van der Waals surface area contributed by atoms with Crippen LogP contribution >= 0.6 is 0 Å². The van der Waals surface area contributed by atoms with Crippen molar-refractivity contribution in [3.8, 4) is 0 Å². The molecule has 0 aromatic carbocycles. The van der Waals surface area contributed by atoms with Crippen LogP contribution in [-0.4, -0.2) is 18.5 Å². The van der Waals surface area contributed by atoms with E-state index < -0.39 is 5.60 Å². The summed E-state index contributed by atoms with van der Waals surface area (Å²) in [7, 11) is 0. The van der Waals surface area contributed by atoms with Gasteiger partial charge >= 0.3 is 0 Å². The molecular formula is C14H20O2. The van der Waals surface area contributed by atoms with Gasteiger partial charge in [0, 0.05) is 13.0 Å². The van der Waals surface area contributed by atoms with E-state index in [4.69, 9.17) is 9.47 Å². The second-order valence-electron chi connectivity index (χ2n) is 3.75. The maximum Gasteiger partial charge on any atom is 0.156 e. The van der Waals surface area contributed by atoms with Crippen LogP contribution in [0.3, 0.4) is 0 Å². The van der Waals surface area contributed by atoms with E-state index in [1.165, 1.54) is 0 Å². The minimum atomic E-state index is -0.443. The lowest BCUT2D eigenvalue weighted by Crippen LogP contribution is -2.33. The van der Waals surface area contributed by atoms with Gasteiger partial charge in [0.1, 0.15) is 5.60 Å². The van der Waals surface area contributed by atoms with Gasteiger partial charge in [0.05, 0.1) is 0 Å². The second-order valence-corrected chi connectivity index (χ2v) is 3.75. The van der Waals surface area contributed by atoms with E-state index in [1.54, 1.807) is 0 Å². The topological polar surface area (TPSA) is 18.5 Å². The molecule has 0 aliphatic heterocycles. The first-order valence-corrected chi connectivity index (χ1v) is 5.60. The van der Waals surface area contributed by atoms with Crippen molar-refractivity contribution in [3.05, 3.63) is 49.1 Å². The van der Waals surface area contributed by atoms with E-state index in [9.17, 15) is 0 Å².